The number of thiophene rings is 1. The molecule has 0 saturated carbocycles. The zero-order valence-electron chi connectivity index (χ0n) is 17.2. The molecule has 13 heteroatoms. The molecular formula is C22H13F6N3O3S. The van der Waals surface area contributed by atoms with E-state index in [0.717, 1.165) is 29.5 Å². The Morgan fingerprint density at radius 3 is 2.20 bits per heavy atom. The molecule has 4 rings (SSSR count). The lowest BCUT2D eigenvalue weighted by Gasteiger charge is -2.09. The van der Waals surface area contributed by atoms with Crippen LogP contribution in [-0.2, 0) is 0 Å². The van der Waals surface area contributed by atoms with E-state index in [2.05, 4.69) is 19.8 Å². The second-order valence-corrected chi connectivity index (χ2v) is 8.00. The molecule has 4 aromatic rings. The summed E-state index contributed by atoms with van der Waals surface area (Å²) >= 11 is 0.952. The molecule has 2 aromatic carbocycles. The van der Waals surface area contributed by atoms with Crippen molar-refractivity contribution < 1.29 is 40.6 Å². The minimum Gasteiger partial charge on any atom is -0.406 e. The van der Waals surface area contributed by atoms with Crippen molar-refractivity contribution in [1.29, 1.82) is 0 Å². The van der Waals surface area contributed by atoms with Gasteiger partial charge >= 0.3 is 12.7 Å². The van der Waals surface area contributed by atoms with E-state index in [1.807, 2.05) is 0 Å². The highest BCUT2D eigenvalue weighted by Gasteiger charge is 2.32. The molecule has 0 spiro atoms. The largest absolute Gasteiger partial charge is 0.573 e. The number of amides is 1. The first kappa shape index (κ1) is 24.1. The number of nitrogens with zero attached hydrogens (tertiary/aromatic N) is 1. The monoisotopic (exact) mass is 513 g/mol. The molecule has 0 atom stereocenters. The van der Waals surface area contributed by atoms with Crippen molar-refractivity contribution in [1.82, 2.24) is 4.98 Å². The summed E-state index contributed by atoms with van der Waals surface area (Å²) in [5.74, 6) is -1.47. The summed E-state index contributed by atoms with van der Waals surface area (Å²) in [6, 6.07) is 12.9. The number of hydrogen-bond acceptors (Lipinski definition) is 6. The fourth-order valence-corrected chi connectivity index (χ4v) is 4.10. The van der Waals surface area contributed by atoms with E-state index in [-0.39, 0.29) is 16.3 Å². The minimum absolute atomic E-state index is 0.106. The summed E-state index contributed by atoms with van der Waals surface area (Å²) in [5.41, 5.74) is 7.11. The number of carbonyl (C=O) groups excluding carboxylic acids is 1. The topological polar surface area (TPSA) is 86.5 Å². The maximum atomic E-state index is 12.7. The van der Waals surface area contributed by atoms with Crippen molar-refractivity contribution in [3.05, 3.63) is 65.5 Å². The maximum Gasteiger partial charge on any atom is 0.573 e. The lowest BCUT2D eigenvalue weighted by Crippen LogP contribution is -2.17. The molecule has 0 aliphatic rings. The maximum absolute atomic E-state index is 12.7. The number of nitrogens with one attached hydrogen (secondary N) is 1. The number of pyridine rings is 1. The van der Waals surface area contributed by atoms with E-state index in [1.165, 1.54) is 24.3 Å². The lowest BCUT2D eigenvalue weighted by molar-refractivity contribution is -0.275. The summed E-state index contributed by atoms with van der Waals surface area (Å²) in [4.78, 5) is 17.6. The molecule has 0 saturated heterocycles. The molecule has 0 aliphatic heterocycles. The van der Waals surface area contributed by atoms with Crippen LogP contribution in [0.4, 0.5) is 37.7 Å². The quantitative estimate of drug-likeness (QED) is 0.294. The second kappa shape index (κ2) is 8.98. The zero-order valence-corrected chi connectivity index (χ0v) is 18.0. The van der Waals surface area contributed by atoms with Crippen LogP contribution >= 0.6 is 11.3 Å². The van der Waals surface area contributed by atoms with Gasteiger partial charge in [-0.2, -0.15) is 0 Å². The third-order valence-corrected chi connectivity index (χ3v) is 5.62. The molecule has 0 fully saturated rings. The van der Waals surface area contributed by atoms with Crippen molar-refractivity contribution in [2.75, 3.05) is 11.1 Å². The number of nitrogens with two attached hydrogens (primary N) is 1. The van der Waals surface area contributed by atoms with Gasteiger partial charge in [-0.3, -0.25) is 4.79 Å². The number of carbonyl (C=O) groups is 1. The molecule has 3 N–H and O–H groups in total. The van der Waals surface area contributed by atoms with Crippen LogP contribution in [0.25, 0.3) is 21.5 Å². The molecule has 6 nitrogen and oxygen atoms in total. The summed E-state index contributed by atoms with van der Waals surface area (Å²) in [6.45, 7) is 0. The van der Waals surface area contributed by atoms with Crippen LogP contribution in [0.1, 0.15) is 9.67 Å². The molecule has 0 radical (unpaired) electrons. The van der Waals surface area contributed by atoms with Crippen LogP contribution in [0.3, 0.4) is 0 Å². The average molecular weight is 513 g/mol. The first-order valence-electron chi connectivity index (χ1n) is 9.60. The smallest absolute Gasteiger partial charge is 0.406 e. The van der Waals surface area contributed by atoms with Crippen molar-refractivity contribution in [3.8, 4) is 22.8 Å². The molecule has 1 amide bonds. The number of fused-ring (bicyclic) bond motifs is 1. The van der Waals surface area contributed by atoms with Crippen molar-refractivity contribution in [3.63, 3.8) is 0 Å². The van der Waals surface area contributed by atoms with Gasteiger partial charge in [-0.15, -0.1) is 37.7 Å². The Morgan fingerprint density at radius 1 is 0.886 bits per heavy atom. The zero-order chi connectivity index (χ0) is 25.4. The number of hydrogen-bond donors (Lipinski definition) is 2. The summed E-state index contributed by atoms with van der Waals surface area (Å²) in [5, 5.41) is 2.99. The first-order valence-corrected chi connectivity index (χ1v) is 10.4. The fraction of sp³-hybridized carbons (Fsp3) is 0.0909. The lowest BCUT2D eigenvalue weighted by atomic mass is 10.1. The molecule has 0 aliphatic carbocycles. The number of benzene rings is 2. The third kappa shape index (κ3) is 5.93. The molecule has 2 heterocycles. The Hall–Kier alpha value is -4.00. The van der Waals surface area contributed by atoms with Gasteiger partial charge in [0.05, 0.1) is 11.4 Å². The van der Waals surface area contributed by atoms with Crippen molar-refractivity contribution in [2.45, 2.75) is 12.7 Å². The number of alkyl halides is 6. The van der Waals surface area contributed by atoms with Crippen LogP contribution in [0.15, 0.2) is 60.7 Å². The highest BCUT2D eigenvalue weighted by atomic mass is 32.1. The summed E-state index contributed by atoms with van der Waals surface area (Å²) < 4.78 is 82.1. The van der Waals surface area contributed by atoms with Crippen LogP contribution in [0.5, 0.6) is 11.5 Å². The fourth-order valence-electron chi connectivity index (χ4n) is 3.11. The van der Waals surface area contributed by atoms with Crippen LogP contribution in [0.2, 0.25) is 0 Å². The van der Waals surface area contributed by atoms with Crippen molar-refractivity contribution in [2.24, 2.45) is 0 Å². The third-order valence-electron chi connectivity index (χ3n) is 4.51. The predicted molar refractivity (Wildman–Crippen MR) is 117 cm³/mol. The molecule has 2 aromatic heterocycles. The Morgan fingerprint density at radius 2 is 1.54 bits per heavy atom. The number of halogens is 6. The first-order chi connectivity index (χ1) is 16.4. The van der Waals surface area contributed by atoms with Gasteiger partial charge in [-0.05, 0) is 48.5 Å². The van der Waals surface area contributed by atoms with Crippen LogP contribution in [-0.4, -0.2) is 23.6 Å². The van der Waals surface area contributed by atoms with E-state index in [4.69, 9.17) is 5.73 Å². The molecule has 35 heavy (non-hydrogen) atoms. The second-order valence-electron chi connectivity index (χ2n) is 7.00. The highest BCUT2D eigenvalue weighted by Crippen LogP contribution is 2.35. The van der Waals surface area contributed by atoms with Gasteiger partial charge in [-0.25, -0.2) is 4.98 Å². The summed E-state index contributed by atoms with van der Waals surface area (Å²) in [6.07, 6.45) is -9.68. The number of rotatable bonds is 5. The standard InChI is InChI=1S/C22H13F6N3O3S/c23-21(24,25)33-13-6-4-12(5-7-13)30-19(32)18-17(29)15-8-9-16(31-20(15)35-18)11-2-1-3-14(10-11)34-22(26,27)28/h1-10H,29H2,(H,30,32). The van der Waals surface area contributed by atoms with Gasteiger partial charge in [0.2, 0.25) is 0 Å². The molecule has 182 valence electrons. The van der Waals surface area contributed by atoms with Crippen LogP contribution < -0.4 is 20.5 Å². The van der Waals surface area contributed by atoms with E-state index in [9.17, 15) is 31.1 Å². The van der Waals surface area contributed by atoms with Crippen molar-refractivity contribution >= 4 is 38.8 Å². The molecular weight excluding hydrogens is 500 g/mol. The number of ether oxygens (including phenoxy) is 2. The van der Waals surface area contributed by atoms with Gasteiger partial charge in [0.15, 0.2) is 0 Å². The average Bonchev–Trinajstić information content (AvgIpc) is 3.09. The van der Waals surface area contributed by atoms with Gasteiger partial charge in [0.25, 0.3) is 5.91 Å². The molecule has 0 unspecified atom stereocenters. The Labute approximate surface area is 196 Å². The van der Waals surface area contributed by atoms with Crippen LogP contribution in [0, 0.1) is 0 Å². The van der Waals surface area contributed by atoms with Gasteiger partial charge in [0, 0.05) is 16.6 Å². The van der Waals surface area contributed by atoms with Gasteiger partial charge in [-0.1, -0.05) is 12.1 Å². The number of nitrogen functional groups attached to an aromatic ring is 1. The Bertz CT molecular complexity index is 1380. The van der Waals surface area contributed by atoms with E-state index < -0.39 is 30.1 Å². The number of anilines is 2. The van der Waals surface area contributed by atoms with Gasteiger partial charge in [0.1, 0.15) is 21.2 Å². The van der Waals surface area contributed by atoms with E-state index in [0.29, 0.717) is 21.5 Å². The van der Waals surface area contributed by atoms with E-state index in [1.54, 1.807) is 18.2 Å². The predicted octanol–water partition coefficient (Wildman–Crippen LogP) is 6.60. The summed E-state index contributed by atoms with van der Waals surface area (Å²) in [7, 11) is 0. The molecule has 0 bridgehead atoms. The number of aromatic nitrogens is 1. The normalized spacial score (nSPS) is 11.9. The Balaban J connectivity index is 1.56. The Kier molecular flexibility index (Phi) is 6.19. The van der Waals surface area contributed by atoms with Gasteiger partial charge < -0.3 is 20.5 Å². The van der Waals surface area contributed by atoms with E-state index >= 15 is 0 Å². The SMILES string of the molecule is Nc1c(C(=O)Nc2ccc(OC(F)(F)F)cc2)sc2nc(-c3cccc(OC(F)(F)F)c3)ccc12. The highest BCUT2D eigenvalue weighted by molar-refractivity contribution is 7.21. The minimum atomic E-state index is -4.84.